The summed E-state index contributed by atoms with van der Waals surface area (Å²) in [6.07, 6.45) is -4.14. The predicted molar refractivity (Wildman–Crippen MR) is 46.4 cm³/mol. The first-order valence-electron chi connectivity index (χ1n) is 4.28. The van der Waals surface area contributed by atoms with Gasteiger partial charge < -0.3 is 5.73 Å². The van der Waals surface area contributed by atoms with Gasteiger partial charge in [0.15, 0.2) is 0 Å². The Kier molecular flexibility index (Phi) is 4.70. The molecule has 0 spiro atoms. The van der Waals surface area contributed by atoms with Crippen LogP contribution in [0.15, 0.2) is 0 Å². The number of hydrogen-bond acceptors (Lipinski definition) is 2. The normalized spacial score (nSPS) is 15.5. The van der Waals surface area contributed by atoms with Gasteiger partial charge in [0, 0.05) is 18.6 Å². The minimum atomic E-state index is -4.14. The fraction of sp³-hybridized carbons (Fsp3) is 1.00. The van der Waals surface area contributed by atoms with Crippen molar-refractivity contribution in [3.63, 3.8) is 0 Å². The molecule has 13 heavy (non-hydrogen) atoms. The van der Waals surface area contributed by atoms with E-state index in [1.54, 1.807) is 20.8 Å². The maximum atomic E-state index is 12.0. The van der Waals surface area contributed by atoms with Gasteiger partial charge in [0.05, 0.1) is 6.54 Å². The van der Waals surface area contributed by atoms with Crippen molar-refractivity contribution in [2.45, 2.75) is 39.0 Å². The van der Waals surface area contributed by atoms with Crippen molar-refractivity contribution >= 4 is 0 Å². The van der Waals surface area contributed by atoms with Crippen molar-refractivity contribution in [1.29, 1.82) is 0 Å². The smallest absolute Gasteiger partial charge is 0.327 e. The minimum Gasteiger partial charge on any atom is -0.327 e. The molecule has 0 bridgehead atoms. The molecule has 0 radical (unpaired) electrons. The summed E-state index contributed by atoms with van der Waals surface area (Å²) >= 11 is 0. The average Bonchev–Trinajstić information content (AvgIpc) is 1.81. The summed E-state index contributed by atoms with van der Waals surface area (Å²) in [7, 11) is 0. The molecule has 0 aliphatic heterocycles. The van der Waals surface area contributed by atoms with Crippen LogP contribution in [0.25, 0.3) is 0 Å². The second kappa shape index (κ2) is 4.81. The van der Waals surface area contributed by atoms with E-state index >= 15 is 0 Å². The molecular weight excluding hydrogens is 181 g/mol. The molecule has 2 N–H and O–H groups in total. The van der Waals surface area contributed by atoms with Gasteiger partial charge >= 0.3 is 6.18 Å². The molecule has 0 saturated carbocycles. The third-order valence-electron chi connectivity index (χ3n) is 1.64. The van der Waals surface area contributed by atoms with E-state index in [4.69, 9.17) is 5.73 Å². The Labute approximate surface area is 76.9 Å². The van der Waals surface area contributed by atoms with Gasteiger partial charge in [0.25, 0.3) is 0 Å². The van der Waals surface area contributed by atoms with Crippen LogP contribution in [0.5, 0.6) is 0 Å². The molecule has 80 valence electrons. The molecule has 0 rings (SSSR count). The zero-order valence-corrected chi connectivity index (χ0v) is 8.23. The monoisotopic (exact) mass is 198 g/mol. The molecule has 1 unspecified atom stereocenters. The lowest BCUT2D eigenvalue weighted by Crippen LogP contribution is -2.44. The van der Waals surface area contributed by atoms with Gasteiger partial charge in [0.2, 0.25) is 0 Å². The van der Waals surface area contributed by atoms with E-state index in [2.05, 4.69) is 0 Å². The standard InChI is InChI=1S/C8H17F3N2/c1-6(2)13(4-7(3)12)5-8(9,10)11/h6-7H,4-5,12H2,1-3H3. The second-order valence-corrected chi connectivity index (χ2v) is 3.62. The molecule has 0 heterocycles. The number of hydrogen-bond donors (Lipinski definition) is 1. The molecule has 0 aromatic carbocycles. The Morgan fingerprint density at radius 1 is 1.23 bits per heavy atom. The molecule has 0 fully saturated rings. The Morgan fingerprint density at radius 2 is 1.69 bits per heavy atom. The molecule has 0 aliphatic carbocycles. The molecule has 0 aromatic heterocycles. The lowest BCUT2D eigenvalue weighted by atomic mass is 10.2. The van der Waals surface area contributed by atoms with Crippen molar-refractivity contribution in [2.24, 2.45) is 5.73 Å². The highest BCUT2D eigenvalue weighted by Crippen LogP contribution is 2.17. The molecule has 0 aromatic rings. The van der Waals surface area contributed by atoms with Crippen LogP contribution in [-0.4, -0.2) is 36.2 Å². The topological polar surface area (TPSA) is 29.3 Å². The zero-order valence-electron chi connectivity index (χ0n) is 8.23. The number of halogens is 3. The van der Waals surface area contributed by atoms with Crippen molar-refractivity contribution < 1.29 is 13.2 Å². The maximum absolute atomic E-state index is 12.0. The minimum absolute atomic E-state index is 0.132. The number of rotatable bonds is 4. The van der Waals surface area contributed by atoms with Gasteiger partial charge in [-0.25, -0.2) is 0 Å². The number of nitrogens with zero attached hydrogens (tertiary/aromatic N) is 1. The molecular formula is C8H17F3N2. The third kappa shape index (κ3) is 6.83. The summed E-state index contributed by atoms with van der Waals surface area (Å²) in [6.45, 7) is 4.55. The Balaban J connectivity index is 4.11. The summed E-state index contributed by atoms with van der Waals surface area (Å²) in [5, 5.41) is 0. The number of nitrogens with two attached hydrogens (primary N) is 1. The third-order valence-corrected chi connectivity index (χ3v) is 1.64. The van der Waals surface area contributed by atoms with E-state index in [1.807, 2.05) is 0 Å². The Hall–Kier alpha value is -0.290. The van der Waals surface area contributed by atoms with Gasteiger partial charge in [-0.2, -0.15) is 13.2 Å². The highest BCUT2D eigenvalue weighted by molar-refractivity contribution is 4.70. The molecule has 1 atom stereocenters. The average molecular weight is 198 g/mol. The van der Waals surface area contributed by atoms with E-state index in [9.17, 15) is 13.2 Å². The van der Waals surface area contributed by atoms with Crippen LogP contribution in [-0.2, 0) is 0 Å². The first kappa shape index (κ1) is 12.7. The van der Waals surface area contributed by atoms with Gasteiger partial charge in [-0.1, -0.05) is 0 Å². The van der Waals surface area contributed by atoms with Crippen molar-refractivity contribution in [2.75, 3.05) is 13.1 Å². The molecule has 0 amide bonds. The molecule has 2 nitrogen and oxygen atoms in total. The lowest BCUT2D eigenvalue weighted by Gasteiger charge is -2.28. The second-order valence-electron chi connectivity index (χ2n) is 3.62. The largest absolute Gasteiger partial charge is 0.401 e. The zero-order chi connectivity index (χ0) is 10.6. The number of alkyl halides is 3. The summed E-state index contributed by atoms with van der Waals surface area (Å²) < 4.78 is 36.1. The van der Waals surface area contributed by atoms with Gasteiger partial charge in [0.1, 0.15) is 0 Å². The summed E-state index contributed by atoms with van der Waals surface area (Å²) in [5.41, 5.74) is 5.44. The van der Waals surface area contributed by atoms with E-state index in [0.717, 1.165) is 0 Å². The van der Waals surface area contributed by atoms with Crippen LogP contribution < -0.4 is 5.73 Å². The molecule has 0 aliphatic rings. The Bertz CT molecular complexity index is 143. The summed E-state index contributed by atoms with van der Waals surface area (Å²) in [4.78, 5) is 1.32. The SMILES string of the molecule is CC(N)CN(CC(F)(F)F)C(C)C. The fourth-order valence-electron chi connectivity index (χ4n) is 1.06. The van der Waals surface area contributed by atoms with E-state index in [0.29, 0.717) is 0 Å². The van der Waals surface area contributed by atoms with Crippen LogP contribution in [0, 0.1) is 0 Å². The maximum Gasteiger partial charge on any atom is 0.401 e. The highest BCUT2D eigenvalue weighted by Gasteiger charge is 2.31. The quantitative estimate of drug-likeness (QED) is 0.743. The van der Waals surface area contributed by atoms with Crippen LogP contribution in [0.2, 0.25) is 0 Å². The first-order valence-corrected chi connectivity index (χ1v) is 4.28. The Morgan fingerprint density at radius 3 is 1.92 bits per heavy atom. The van der Waals surface area contributed by atoms with Crippen molar-refractivity contribution in [3.05, 3.63) is 0 Å². The molecule has 0 saturated heterocycles. The van der Waals surface area contributed by atoms with Gasteiger partial charge in [-0.05, 0) is 20.8 Å². The fourth-order valence-corrected chi connectivity index (χ4v) is 1.06. The van der Waals surface area contributed by atoms with E-state index in [-0.39, 0.29) is 18.6 Å². The van der Waals surface area contributed by atoms with Crippen molar-refractivity contribution in [3.8, 4) is 0 Å². The summed E-state index contributed by atoms with van der Waals surface area (Å²) in [6, 6.07) is -0.364. The van der Waals surface area contributed by atoms with Gasteiger partial charge in [-0.3, -0.25) is 4.90 Å². The van der Waals surface area contributed by atoms with Crippen LogP contribution >= 0.6 is 0 Å². The highest BCUT2D eigenvalue weighted by atomic mass is 19.4. The molecule has 5 heteroatoms. The lowest BCUT2D eigenvalue weighted by molar-refractivity contribution is -0.149. The van der Waals surface area contributed by atoms with E-state index < -0.39 is 12.7 Å². The van der Waals surface area contributed by atoms with Crippen molar-refractivity contribution in [1.82, 2.24) is 4.90 Å². The summed E-state index contributed by atoms with van der Waals surface area (Å²) in [5.74, 6) is 0. The predicted octanol–water partition coefficient (Wildman–Crippen LogP) is 1.61. The van der Waals surface area contributed by atoms with Gasteiger partial charge in [-0.15, -0.1) is 0 Å². The first-order chi connectivity index (χ1) is 5.72. The van der Waals surface area contributed by atoms with Crippen LogP contribution in [0.3, 0.4) is 0 Å². The van der Waals surface area contributed by atoms with E-state index in [1.165, 1.54) is 4.90 Å². The van der Waals surface area contributed by atoms with Crippen LogP contribution in [0.1, 0.15) is 20.8 Å². The van der Waals surface area contributed by atoms with Crippen LogP contribution in [0.4, 0.5) is 13.2 Å².